The topological polar surface area (TPSA) is 83.0 Å². The quantitative estimate of drug-likeness (QED) is 0.862. The molecule has 0 aromatic carbocycles. The first-order valence-corrected chi connectivity index (χ1v) is 7.01. The molecule has 0 bridgehead atoms. The van der Waals surface area contributed by atoms with E-state index in [-0.39, 0.29) is 17.0 Å². The van der Waals surface area contributed by atoms with Gasteiger partial charge in [0.25, 0.3) is 0 Å². The molecule has 2 aromatic rings. The zero-order chi connectivity index (χ0) is 15.6. The van der Waals surface area contributed by atoms with Crippen molar-refractivity contribution in [3.8, 4) is 0 Å². The summed E-state index contributed by atoms with van der Waals surface area (Å²) in [6.07, 6.45) is 6.24. The zero-order valence-electron chi connectivity index (χ0n) is 11.9. The Kier molecular flexibility index (Phi) is 4.59. The van der Waals surface area contributed by atoms with Gasteiger partial charge in [-0.05, 0) is 30.0 Å². The molecule has 0 aliphatic carbocycles. The summed E-state index contributed by atoms with van der Waals surface area (Å²) in [7, 11) is 5.41. The largest absolute Gasteiger partial charge is 0.365 e. The number of likely N-dealkylation sites (N-methyl/N-ethyl adjacent to an activating group) is 1. The summed E-state index contributed by atoms with van der Waals surface area (Å²) in [5.74, 6) is -0.299. The Labute approximate surface area is 130 Å². The van der Waals surface area contributed by atoms with Crippen molar-refractivity contribution in [2.45, 2.75) is 6.04 Å². The van der Waals surface area contributed by atoms with Gasteiger partial charge in [0.15, 0.2) is 0 Å². The summed E-state index contributed by atoms with van der Waals surface area (Å²) < 4.78 is 2.14. The number of aryl methyl sites for hydroxylation is 1. The van der Waals surface area contributed by atoms with Crippen molar-refractivity contribution >= 4 is 27.5 Å². The van der Waals surface area contributed by atoms with Crippen molar-refractivity contribution in [2.24, 2.45) is 7.05 Å². The number of pyridine rings is 1. The van der Waals surface area contributed by atoms with Crippen LogP contribution in [0.3, 0.4) is 0 Å². The average Bonchev–Trinajstić information content (AvgIpc) is 2.81. The Morgan fingerprint density at radius 1 is 1.48 bits per heavy atom. The van der Waals surface area contributed by atoms with Crippen molar-refractivity contribution in [3.05, 3.63) is 45.3 Å². The van der Waals surface area contributed by atoms with E-state index in [0.717, 1.165) is 5.69 Å². The highest BCUT2D eigenvalue weighted by atomic mass is 79.9. The lowest BCUT2D eigenvalue weighted by molar-refractivity contribution is -0.120. The van der Waals surface area contributed by atoms with Crippen LogP contribution in [0.1, 0.15) is 11.7 Å². The second-order valence-corrected chi connectivity index (χ2v) is 5.69. The predicted octanol–water partition coefficient (Wildman–Crippen LogP) is 1.11. The molecule has 0 aliphatic rings. The molecule has 0 aliphatic heterocycles. The highest BCUT2D eigenvalue weighted by Gasteiger charge is 2.26. The Morgan fingerprint density at radius 2 is 2.19 bits per heavy atom. The molecule has 0 saturated carbocycles. The molecule has 21 heavy (non-hydrogen) atoms. The fraction of sp³-hybridized carbons (Fsp3) is 0.308. The number of H-pyrrole nitrogens is 1. The van der Waals surface area contributed by atoms with E-state index in [4.69, 9.17) is 0 Å². The van der Waals surface area contributed by atoms with Crippen molar-refractivity contribution in [3.63, 3.8) is 0 Å². The number of carbonyl (C=O) groups is 1. The summed E-state index contributed by atoms with van der Waals surface area (Å²) in [6.45, 7) is 0. The average molecular weight is 354 g/mol. The van der Waals surface area contributed by atoms with Gasteiger partial charge in [-0.2, -0.15) is 0 Å². The van der Waals surface area contributed by atoms with E-state index in [0.29, 0.717) is 4.47 Å². The summed E-state index contributed by atoms with van der Waals surface area (Å²) in [5, 5.41) is 2.65. The van der Waals surface area contributed by atoms with Gasteiger partial charge in [0.2, 0.25) is 11.3 Å². The number of amides is 1. The SMILES string of the molecule is CN(C)C(C(=O)Nc1c[nH]cc(Br)c1=O)c1cncn1C. The second-order valence-electron chi connectivity index (χ2n) is 4.83. The molecule has 1 amide bonds. The summed E-state index contributed by atoms with van der Waals surface area (Å²) in [6, 6.07) is -0.545. The second kappa shape index (κ2) is 6.23. The molecule has 0 saturated heterocycles. The third-order valence-corrected chi connectivity index (χ3v) is 3.65. The van der Waals surface area contributed by atoms with E-state index in [2.05, 4.69) is 31.2 Å². The molecule has 1 atom stereocenters. The van der Waals surface area contributed by atoms with Crippen LogP contribution in [0.25, 0.3) is 0 Å². The van der Waals surface area contributed by atoms with E-state index in [1.807, 2.05) is 7.05 Å². The minimum atomic E-state index is -0.545. The number of hydrogen-bond donors (Lipinski definition) is 2. The first-order valence-electron chi connectivity index (χ1n) is 6.22. The lowest BCUT2D eigenvalue weighted by Crippen LogP contribution is -2.34. The summed E-state index contributed by atoms with van der Waals surface area (Å²) in [5.41, 5.74) is 0.664. The lowest BCUT2D eigenvalue weighted by Gasteiger charge is -2.23. The number of carbonyl (C=O) groups excluding carboxylic acids is 1. The van der Waals surface area contributed by atoms with Crippen LogP contribution in [0.5, 0.6) is 0 Å². The van der Waals surface area contributed by atoms with E-state index in [1.54, 1.807) is 36.1 Å². The van der Waals surface area contributed by atoms with Crippen molar-refractivity contribution < 1.29 is 4.79 Å². The van der Waals surface area contributed by atoms with Gasteiger partial charge in [-0.15, -0.1) is 0 Å². The van der Waals surface area contributed by atoms with Crippen molar-refractivity contribution in [2.75, 3.05) is 19.4 Å². The van der Waals surface area contributed by atoms with Crippen LogP contribution in [0, 0.1) is 0 Å². The van der Waals surface area contributed by atoms with Crippen LogP contribution < -0.4 is 10.7 Å². The molecule has 112 valence electrons. The van der Waals surface area contributed by atoms with Gasteiger partial charge in [-0.3, -0.25) is 14.5 Å². The van der Waals surface area contributed by atoms with Gasteiger partial charge in [0, 0.05) is 19.4 Å². The number of anilines is 1. The Hall–Kier alpha value is -1.93. The first-order chi connectivity index (χ1) is 9.91. The molecule has 1 unspecified atom stereocenters. The number of aromatic nitrogens is 3. The van der Waals surface area contributed by atoms with Crippen LogP contribution in [0.2, 0.25) is 0 Å². The first kappa shape index (κ1) is 15.5. The third-order valence-electron chi connectivity index (χ3n) is 3.06. The summed E-state index contributed by atoms with van der Waals surface area (Å²) in [4.78, 5) is 33.0. The van der Waals surface area contributed by atoms with Crippen LogP contribution >= 0.6 is 15.9 Å². The maximum absolute atomic E-state index is 12.5. The van der Waals surface area contributed by atoms with Crippen molar-refractivity contribution in [1.82, 2.24) is 19.4 Å². The van der Waals surface area contributed by atoms with E-state index in [9.17, 15) is 9.59 Å². The predicted molar refractivity (Wildman–Crippen MR) is 83.0 cm³/mol. The van der Waals surface area contributed by atoms with Gasteiger partial charge < -0.3 is 14.9 Å². The summed E-state index contributed by atoms with van der Waals surface area (Å²) >= 11 is 3.13. The van der Waals surface area contributed by atoms with Crippen LogP contribution in [-0.2, 0) is 11.8 Å². The number of nitrogens with one attached hydrogen (secondary N) is 2. The fourth-order valence-electron chi connectivity index (χ4n) is 2.02. The lowest BCUT2D eigenvalue weighted by atomic mass is 10.2. The minimum Gasteiger partial charge on any atom is -0.365 e. The molecule has 2 rings (SSSR count). The number of nitrogens with zero attached hydrogens (tertiary/aromatic N) is 3. The van der Waals surface area contributed by atoms with Crippen molar-refractivity contribution in [1.29, 1.82) is 0 Å². The maximum Gasteiger partial charge on any atom is 0.248 e. The number of aromatic amines is 1. The Balaban J connectivity index is 2.31. The molecule has 7 nitrogen and oxygen atoms in total. The van der Waals surface area contributed by atoms with Crippen LogP contribution in [0.15, 0.2) is 34.2 Å². The molecular weight excluding hydrogens is 338 g/mol. The normalized spacial score (nSPS) is 12.4. The molecule has 8 heteroatoms. The molecule has 0 fully saturated rings. The van der Waals surface area contributed by atoms with Gasteiger partial charge in [-0.1, -0.05) is 0 Å². The Bertz CT molecular complexity index is 707. The molecule has 2 N–H and O–H groups in total. The number of rotatable bonds is 4. The van der Waals surface area contributed by atoms with Crippen LogP contribution in [-0.4, -0.2) is 39.4 Å². The minimum absolute atomic E-state index is 0.198. The maximum atomic E-state index is 12.5. The standard InChI is InChI=1S/C13H16BrN5O2/c1-18(2)11(10-6-16-7-19(10)3)13(21)17-9-5-15-4-8(14)12(9)20/h4-7,11H,1-3H3,(H,15,20)(H,17,21). The highest BCUT2D eigenvalue weighted by Crippen LogP contribution is 2.19. The van der Waals surface area contributed by atoms with Crippen LogP contribution in [0.4, 0.5) is 5.69 Å². The molecule has 2 heterocycles. The smallest absolute Gasteiger partial charge is 0.248 e. The number of imidazole rings is 1. The Morgan fingerprint density at radius 3 is 2.76 bits per heavy atom. The van der Waals surface area contributed by atoms with E-state index < -0.39 is 6.04 Å². The molecular formula is C13H16BrN5O2. The van der Waals surface area contributed by atoms with Gasteiger partial charge in [-0.25, -0.2) is 4.98 Å². The number of hydrogen-bond acceptors (Lipinski definition) is 4. The molecule has 0 radical (unpaired) electrons. The van der Waals surface area contributed by atoms with Gasteiger partial charge in [0.05, 0.1) is 22.7 Å². The molecule has 2 aromatic heterocycles. The van der Waals surface area contributed by atoms with Gasteiger partial charge >= 0.3 is 0 Å². The third kappa shape index (κ3) is 3.22. The van der Waals surface area contributed by atoms with E-state index in [1.165, 1.54) is 12.4 Å². The van der Waals surface area contributed by atoms with E-state index >= 15 is 0 Å². The number of halogens is 1. The fourth-order valence-corrected chi connectivity index (χ4v) is 2.36. The zero-order valence-corrected chi connectivity index (χ0v) is 13.5. The van der Waals surface area contributed by atoms with Gasteiger partial charge in [0.1, 0.15) is 11.7 Å². The highest BCUT2D eigenvalue weighted by molar-refractivity contribution is 9.10. The molecule has 0 spiro atoms. The monoisotopic (exact) mass is 353 g/mol.